The van der Waals surface area contributed by atoms with Crippen LogP contribution in [0.5, 0.6) is 11.5 Å². The molecule has 0 aliphatic rings. The van der Waals surface area contributed by atoms with E-state index in [1.807, 2.05) is 30.3 Å². The molecule has 4 N–H and O–H groups in total. The Morgan fingerprint density at radius 3 is 2.38 bits per heavy atom. The Kier molecular flexibility index (Phi) is 7.02. The minimum absolute atomic E-state index is 0.0118. The van der Waals surface area contributed by atoms with Crippen molar-refractivity contribution in [1.82, 2.24) is 0 Å². The highest BCUT2D eigenvalue weighted by Gasteiger charge is 2.07. The normalized spacial score (nSPS) is 10.3. The standard InChI is InChI=1S/C20H24N2O4/c1-25-19(24)5-3-2-4-12-26-16-9-6-14(7-10-16)15-8-11-17(20(21)22)18(23)13-15/h6-11,13,23H,2-5,12H2,1H3,(H3,21,22). The first-order valence-corrected chi connectivity index (χ1v) is 8.48. The summed E-state index contributed by atoms with van der Waals surface area (Å²) in [5.74, 6) is 0.418. The predicted molar refractivity (Wildman–Crippen MR) is 101 cm³/mol. The molecule has 0 radical (unpaired) electrons. The van der Waals surface area contributed by atoms with E-state index in [1.54, 1.807) is 12.1 Å². The molecular formula is C20H24N2O4. The minimum Gasteiger partial charge on any atom is -0.507 e. The van der Waals surface area contributed by atoms with Gasteiger partial charge in [-0.3, -0.25) is 10.2 Å². The molecule has 0 bridgehead atoms. The molecule has 2 aromatic carbocycles. The maximum absolute atomic E-state index is 11.0. The summed E-state index contributed by atoms with van der Waals surface area (Å²) in [4.78, 5) is 11.0. The van der Waals surface area contributed by atoms with E-state index in [2.05, 4.69) is 4.74 Å². The summed E-state index contributed by atoms with van der Waals surface area (Å²) >= 11 is 0. The summed E-state index contributed by atoms with van der Waals surface area (Å²) in [6.07, 6.45) is 3.03. The number of rotatable bonds is 9. The zero-order valence-electron chi connectivity index (χ0n) is 14.8. The van der Waals surface area contributed by atoms with Gasteiger partial charge in [-0.05, 0) is 54.7 Å². The zero-order chi connectivity index (χ0) is 18.9. The molecule has 0 atom stereocenters. The number of amidine groups is 1. The van der Waals surface area contributed by atoms with Crippen molar-refractivity contribution in [1.29, 1.82) is 5.41 Å². The lowest BCUT2D eigenvalue weighted by atomic mass is 10.0. The van der Waals surface area contributed by atoms with E-state index in [9.17, 15) is 9.90 Å². The van der Waals surface area contributed by atoms with Crippen molar-refractivity contribution in [3.63, 3.8) is 0 Å². The molecule has 2 rings (SSSR count). The third-order valence-corrected chi connectivity index (χ3v) is 4.00. The first-order valence-electron chi connectivity index (χ1n) is 8.48. The fraction of sp³-hybridized carbons (Fsp3) is 0.300. The maximum Gasteiger partial charge on any atom is 0.305 e. The summed E-state index contributed by atoms with van der Waals surface area (Å²) < 4.78 is 10.3. The van der Waals surface area contributed by atoms with Crippen LogP contribution >= 0.6 is 0 Å². The van der Waals surface area contributed by atoms with E-state index in [0.717, 1.165) is 36.1 Å². The Morgan fingerprint density at radius 1 is 1.08 bits per heavy atom. The topological polar surface area (TPSA) is 106 Å². The summed E-state index contributed by atoms with van der Waals surface area (Å²) in [5, 5.41) is 17.3. The SMILES string of the molecule is COC(=O)CCCCCOc1ccc(-c2ccc(C(=N)N)c(O)c2)cc1. The summed E-state index contributed by atoms with van der Waals surface area (Å²) in [6.45, 7) is 0.592. The number of hydrogen-bond donors (Lipinski definition) is 3. The molecule has 0 spiro atoms. The fourth-order valence-corrected chi connectivity index (χ4v) is 2.52. The van der Waals surface area contributed by atoms with Crippen LogP contribution in [0.3, 0.4) is 0 Å². The molecule has 26 heavy (non-hydrogen) atoms. The molecule has 0 aliphatic carbocycles. The quantitative estimate of drug-likeness (QED) is 0.276. The molecule has 0 fully saturated rings. The number of methoxy groups -OCH3 is 1. The number of hydrogen-bond acceptors (Lipinski definition) is 5. The van der Waals surface area contributed by atoms with Crippen molar-refractivity contribution < 1.29 is 19.4 Å². The maximum atomic E-state index is 11.0. The number of ether oxygens (including phenoxy) is 2. The van der Waals surface area contributed by atoms with Gasteiger partial charge in [-0.25, -0.2) is 0 Å². The number of carbonyl (C=O) groups is 1. The molecule has 0 aliphatic heterocycles. The highest BCUT2D eigenvalue weighted by Crippen LogP contribution is 2.27. The van der Waals surface area contributed by atoms with Crippen molar-refractivity contribution in [3.05, 3.63) is 48.0 Å². The Balaban J connectivity index is 1.84. The van der Waals surface area contributed by atoms with Gasteiger partial charge in [0, 0.05) is 6.42 Å². The number of aromatic hydroxyl groups is 1. The van der Waals surface area contributed by atoms with Crippen LogP contribution in [0.25, 0.3) is 11.1 Å². The van der Waals surface area contributed by atoms with Crippen molar-refractivity contribution >= 4 is 11.8 Å². The Bertz CT molecular complexity index is 757. The van der Waals surface area contributed by atoms with E-state index >= 15 is 0 Å². The lowest BCUT2D eigenvalue weighted by Gasteiger charge is -2.09. The fourth-order valence-electron chi connectivity index (χ4n) is 2.52. The van der Waals surface area contributed by atoms with Gasteiger partial charge in [-0.1, -0.05) is 18.2 Å². The Morgan fingerprint density at radius 2 is 1.77 bits per heavy atom. The second kappa shape index (κ2) is 9.46. The molecule has 138 valence electrons. The van der Waals surface area contributed by atoms with Crippen LogP contribution in [0.15, 0.2) is 42.5 Å². The van der Waals surface area contributed by atoms with E-state index in [4.69, 9.17) is 15.9 Å². The first kappa shape index (κ1) is 19.3. The number of phenolic OH excluding ortho intramolecular Hbond substituents is 1. The number of benzene rings is 2. The lowest BCUT2D eigenvalue weighted by Crippen LogP contribution is -2.10. The van der Waals surface area contributed by atoms with Crippen LogP contribution in [-0.4, -0.2) is 30.6 Å². The highest BCUT2D eigenvalue weighted by atomic mass is 16.5. The van der Waals surface area contributed by atoms with Crippen molar-refractivity contribution in [2.75, 3.05) is 13.7 Å². The molecule has 6 heteroatoms. The van der Waals surface area contributed by atoms with Gasteiger partial charge < -0.3 is 20.3 Å². The van der Waals surface area contributed by atoms with Gasteiger partial charge in [0.2, 0.25) is 0 Å². The number of unbranched alkanes of at least 4 members (excludes halogenated alkanes) is 2. The smallest absolute Gasteiger partial charge is 0.305 e. The lowest BCUT2D eigenvalue weighted by molar-refractivity contribution is -0.140. The number of carbonyl (C=O) groups excluding carboxylic acids is 1. The largest absolute Gasteiger partial charge is 0.507 e. The third kappa shape index (κ3) is 5.51. The molecule has 2 aromatic rings. The van der Waals surface area contributed by atoms with Gasteiger partial charge in [0.05, 0.1) is 19.3 Å². The van der Waals surface area contributed by atoms with Gasteiger partial charge in [-0.2, -0.15) is 0 Å². The molecule has 0 amide bonds. The second-order valence-electron chi connectivity index (χ2n) is 5.91. The summed E-state index contributed by atoms with van der Waals surface area (Å²) in [7, 11) is 1.40. The zero-order valence-corrected chi connectivity index (χ0v) is 14.8. The average molecular weight is 356 g/mol. The molecule has 6 nitrogen and oxygen atoms in total. The Hall–Kier alpha value is -3.02. The number of esters is 1. The molecule has 0 saturated carbocycles. The highest BCUT2D eigenvalue weighted by molar-refractivity contribution is 5.98. The van der Waals surface area contributed by atoms with Crippen molar-refractivity contribution in [2.45, 2.75) is 25.7 Å². The van der Waals surface area contributed by atoms with Crippen LogP contribution in [0, 0.1) is 5.41 Å². The van der Waals surface area contributed by atoms with Gasteiger partial charge in [0.15, 0.2) is 0 Å². The first-order chi connectivity index (χ1) is 12.5. The molecule has 0 saturated heterocycles. The molecule has 0 unspecified atom stereocenters. The van der Waals surface area contributed by atoms with Gasteiger partial charge in [0.25, 0.3) is 0 Å². The van der Waals surface area contributed by atoms with Crippen LogP contribution in [0.1, 0.15) is 31.2 Å². The van der Waals surface area contributed by atoms with Crippen LogP contribution in [0.2, 0.25) is 0 Å². The van der Waals surface area contributed by atoms with E-state index < -0.39 is 0 Å². The van der Waals surface area contributed by atoms with Crippen molar-refractivity contribution in [2.24, 2.45) is 5.73 Å². The second-order valence-corrected chi connectivity index (χ2v) is 5.91. The molecule has 0 aromatic heterocycles. The van der Waals surface area contributed by atoms with Crippen LogP contribution in [0.4, 0.5) is 0 Å². The van der Waals surface area contributed by atoms with E-state index in [0.29, 0.717) is 18.6 Å². The van der Waals surface area contributed by atoms with Gasteiger partial charge in [-0.15, -0.1) is 0 Å². The monoisotopic (exact) mass is 356 g/mol. The number of nitrogens with one attached hydrogen (secondary N) is 1. The van der Waals surface area contributed by atoms with Crippen molar-refractivity contribution in [3.8, 4) is 22.6 Å². The van der Waals surface area contributed by atoms with Gasteiger partial charge in [0.1, 0.15) is 17.3 Å². The number of phenols is 1. The number of nitrogens with two attached hydrogens (primary N) is 1. The average Bonchev–Trinajstić information content (AvgIpc) is 2.64. The predicted octanol–water partition coefficient (Wildman–Crippen LogP) is 3.46. The molecule has 0 heterocycles. The van der Waals surface area contributed by atoms with Crippen LogP contribution < -0.4 is 10.5 Å². The van der Waals surface area contributed by atoms with E-state index in [1.165, 1.54) is 7.11 Å². The minimum atomic E-state index is -0.177. The Labute approximate surface area is 153 Å². The summed E-state index contributed by atoms with van der Waals surface area (Å²) in [5.41, 5.74) is 7.49. The van der Waals surface area contributed by atoms with Gasteiger partial charge >= 0.3 is 5.97 Å². The van der Waals surface area contributed by atoms with Crippen LogP contribution in [-0.2, 0) is 9.53 Å². The third-order valence-electron chi connectivity index (χ3n) is 4.00. The molecular weight excluding hydrogens is 332 g/mol. The summed E-state index contributed by atoms with van der Waals surface area (Å²) in [6, 6.07) is 12.6. The number of nitrogen functional groups attached to an aromatic ring is 1. The van der Waals surface area contributed by atoms with E-state index in [-0.39, 0.29) is 17.6 Å².